The fourth-order valence-electron chi connectivity index (χ4n) is 3.98. The summed E-state index contributed by atoms with van der Waals surface area (Å²) in [5.74, 6) is -0.863. The Labute approximate surface area is 199 Å². The second kappa shape index (κ2) is 10.6. The summed E-state index contributed by atoms with van der Waals surface area (Å²) in [4.78, 5) is 13.7. The first kappa shape index (κ1) is 25.1. The van der Waals surface area contributed by atoms with Gasteiger partial charge in [0.2, 0.25) is 10.0 Å². The van der Waals surface area contributed by atoms with Gasteiger partial charge in [-0.3, -0.25) is 0 Å². The molecule has 0 fully saturated rings. The summed E-state index contributed by atoms with van der Waals surface area (Å²) >= 11 is 1.40. The van der Waals surface area contributed by atoms with E-state index in [1.54, 1.807) is 0 Å². The minimum Gasteiger partial charge on any atom is -0.478 e. The molecule has 0 bridgehead atoms. The zero-order valence-corrected chi connectivity index (χ0v) is 20.7. The largest absolute Gasteiger partial charge is 0.478 e. The minimum atomic E-state index is -3.88. The number of thioether (sulfide) groups is 1. The summed E-state index contributed by atoms with van der Waals surface area (Å²) in [5, 5.41) is 8.86. The number of carboxylic acid groups (broad SMARTS) is 1. The average Bonchev–Trinajstić information content (AvgIpc) is 2.90. The number of carbonyl (C=O) groups is 1. The van der Waals surface area contributed by atoms with Gasteiger partial charge in [0.15, 0.2) is 0 Å². The number of nitrogens with one attached hydrogen (secondary N) is 1. The SMILES string of the molecule is CCCC[C@]1(CC)CN(c2ccccc2)c2cc(SC)c(O/C=C/C(=O)O)cc2S(=O)(=O)N1. The Hall–Kier alpha value is -2.49. The normalized spacial score (nSPS) is 19.8. The van der Waals surface area contributed by atoms with Crippen LogP contribution in [-0.2, 0) is 14.8 Å². The van der Waals surface area contributed by atoms with Crippen LogP contribution in [0.5, 0.6) is 5.75 Å². The molecule has 0 aliphatic carbocycles. The zero-order chi connectivity index (χ0) is 24.1. The topological polar surface area (TPSA) is 95.9 Å². The van der Waals surface area contributed by atoms with Gasteiger partial charge in [-0.1, -0.05) is 44.9 Å². The summed E-state index contributed by atoms with van der Waals surface area (Å²) in [7, 11) is -3.88. The third-order valence-corrected chi connectivity index (χ3v) is 8.16. The van der Waals surface area contributed by atoms with Crippen molar-refractivity contribution in [1.29, 1.82) is 0 Å². The highest BCUT2D eigenvalue weighted by molar-refractivity contribution is 7.98. The number of aliphatic carboxylic acids is 1. The van der Waals surface area contributed by atoms with Crippen molar-refractivity contribution in [2.24, 2.45) is 0 Å². The van der Waals surface area contributed by atoms with E-state index in [4.69, 9.17) is 9.84 Å². The molecule has 0 spiro atoms. The van der Waals surface area contributed by atoms with Gasteiger partial charge in [0, 0.05) is 18.3 Å². The minimum absolute atomic E-state index is 0.106. The van der Waals surface area contributed by atoms with Crippen molar-refractivity contribution in [2.45, 2.75) is 54.9 Å². The van der Waals surface area contributed by atoms with Gasteiger partial charge in [-0.05, 0) is 37.3 Å². The highest BCUT2D eigenvalue weighted by Gasteiger charge is 2.41. The number of sulfonamides is 1. The third-order valence-electron chi connectivity index (χ3n) is 5.80. The van der Waals surface area contributed by atoms with Crippen LogP contribution in [0, 0.1) is 0 Å². The van der Waals surface area contributed by atoms with Gasteiger partial charge in [0.1, 0.15) is 10.6 Å². The number of unbranched alkanes of at least 4 members (excludes halogenated alkanes) is 1. The van der Waals surface area contributed by atoms with Gasteiger partial charge in [0.05, 0.1) is 28.5 Å². The number of fused-ring (bicyclic) bond motifs is 1. The summed E-state index contributed by atoms with van der Waals surface area (Å²) in [6, 6.07) is 13.0. The molecule has 0 unspecified atom stereocenters. The summed E-state index contributed by atoms with van der Waals surface area (Å²) < 4.78 is 35.8. The molecule has 1 aliphatic rings. The van der Waals surface area contributed by atoms with E-state index in [9.17, 15) is 13.2 Å². The molecule has 1 atom stereocenters. The van der Waals surface area contributed by atoms with Gasteiger partial charge >= 0.3 is 5.97 Å². The Morgan fingerprint density at radius 3 is 2.61 bits per heavy atom. The van der Waals surface area contributed by atoms with Gasteiger partial charge in [-0.25, -0.2) is 17.9 Å². The lowest BCUT2D eigenvalue weighted by Gasteiger charge is -2.36. The molecular formula is C24H30N2O5S2. The van der Waals surface area contributed by atoms with Crippen molar-refractivity contribution in [3.8, 4) is 5.75 Å². The first-order chi connectivity index (χ1) is 15.7. The van der Waals surface area contributed by atoms with Gasteiger partial charge in [-0.2, -0.15) is 0 Å². The van der Waals surface area contributed by atoms with Crippen LogP contribution >= 0.6 is 11.8 Å². The van der Waals surface area contributed by atoms with Gasteiger partial charge < -0.3 is 14.7 Å². The summed E-state index contributed by atoms with van der Waals surface area (Å²) in [6.45, 7) is 4.60. The first-order valence-electron chi connectivity index (χ1n) is 10.9. The van der Waals surface area contributed by atoms with Crippen molar-refractivity contribution in [2.75, 3.05) is 17.7 Å². The zero-order valence-electron chi connectivity index (χ0n) is 19.1. The number of nitrogens with zero attached hydrogens (tertiary/aromatic N) is 1. The van der Waals surface area contributed by atoms with Crippen LogP contribution in [0.15, 0.2) is 64.6 Å². The Balaban J connectivity index is 2.22. The lowest BCUT2D eigenvalue weighted by Crippen LogP contribution is -2.52. The Morgan fingerprint density at radius 2 is 2.00 bits per heavy atom. The lowest BCUT2D eigenvalue weighted by atomic mass is 9.89. The highest BCUT2D eigenvalue weighted by atomic mass is 32.2. The molecule has 2 aromatic rings. The Bertz CT molecular complexity index is 1120. The van der Waals surface area contributed by atoms with Crippen molar-refractivity contribution in [3.63, 3.8) is 0 Å². The van der Waals surface area contributed by atoms with E-state index in [1.165, 1.54) is 17.8 Å². The number of carboxylic acids is 1. The number of hydrogen-bond acceptors (Lipinski definition) is 6. The van der Waals surface area contributed by atoms with Crippen LogP contribution in [-0.4, -0.2) is 37.8 Å². The molecule has 0 amide bonds. The molecule has 2 N–H and O–H groups in total. The number of anilines is 2. The molecule has 0 radical (unpaired) electrons. The first-order valence-corrected chi connectivity index (χ1v) is 13.6. The van der Waals surface area contributed by atoms with Gasteiger partial charge in [-0.15, -0.1) is 11.8 Å². The van der Waals surface area contributed by atoms with Crippen LogP contribution in [0.4, 0.5) is 11.4 Å². The molecule has 9 heteroatoms. The molecule has 178 valence electrons. The highest BCUT2D eigenvalue weighted by Crippen LogP contribution is 2.43. The maximum Gasteiger partial charge on any atom is 0.331 e. The quantitative estimate of drug-likeness (QED) is 0.285. The molecule has 0 aromatic heterocycles. The molecular weight excluding hydrogens is 460 g/mol. The van der Waals surface area contributed by atoms with E-state index in [0.29, 0.717) is 23.5 Å². The lowest BCUT2D eigenvalue weighted by molar-refractivity contribution is -0.131. The standard InChI is InChI=1S/C24H30N2O5S2/c1-4-6-13-24(5-2)17-26(18-10-8-7-9-11-18)19-15-21(32-3)20(31-14-12-23(27)28)16-22(19)33(29,30)25-24/h7-12,14-16,25H,4-6,13,17H2,1-3H3,(H,27,28)/b14-12+/t24-/m1/s1. The van der Waals surface area contributed by atoms with E-state index in [0.717, 1.165) is 37.3 Å². The number of ether oxygens (including phenoxy) is 1. The number of hydrogen-bond donors (Lipinski definition) is 2. The van der Waals surface area contributed by atoms with E-state index in [1.807, 2.05) is 49.6 Å². The molecule has 3 rings (SSSR count). The van der Waals surface area contributed by atoms with E-state index >= 15 is 0 Å². The van der Waals surface area contributed by atoms with Crippen molar-refractivity contribution >= 4 is 39.1 Å². The van der Waals surface area contributed by atoms with Crippen LogP contribution in [0.3, 0.4) is 0 Å². The van der Waals surface area contributed by atoms with Crippen molar-refractivity contribution in [3.05, 3.63) is 54.8 Å². The molecule has 0 saturated heterocycles. The van der Waals surface area contributed by atoms with Crippen LogP contribution in [0.1, 0.15) is 39.5 Å². The van der Waals surface area contributed by atoms with E-state index in [2.05, 4.69) is 16.5 Å². The molecule has 7 nitrogen and oxygen atoms in total. The van der Waals surface area contributed by atoms with E-state index in [-0.39, 0.29) is 10.6 Å². The van der Waals surface area contributed by atoms with Crippen LogP contribution < -0.4 is 14.4 Å². The second-order valence-corrected chi connectivity index (χ2v) is 10.5. The number of rotatable bonds is 9. The molecule has 0 saturated carbocycles. The van der Waals surface area contributed by atoms with Crippen molar-refractivity contribution < 1.29 is 23.1 Å². The predicted molar refractivity (Wildman–Crippen MR) is 132 cm³/mol. The molecule has 1 heterocycles. The monoisotopic (exact) mass is 490 g/mol. The number of para-hydroxylation sites is 1. The van der Waals surface area contributed by atoms with Crippen LogP contribution in [0.2, 0.25) is 0 Å². The smallest absolute Gasteiger partial charge is 0.331 e. The summed E-state index contributed by atoms with van der Waals surface area (Å²) in [5.41, 5.74) is 0.839. The second-order valence-electron chi connectivity index (χ2n) is 7.99. The van der Waals surface area contributed by atoms with E-state index < -0.39 is 21.5 Å². The Kier molecular flexibility index (Phi) is 8.10. The predicted octanol–water partition coefficient (Wildman–Crippen LogP) is 5.15. The Morgan fingerprint density at radius 1 is 1.27 bits per heavy atom. The maximum absolute atomic E-state index is 13.6. The average molecular weight is 491 g/mol. The molecule has 33 heavy (non-hydrogen) atoms. The van der Waals surface area contributed by atoms with Gasteiger partial charge in [0.25, 0.3) is 0 Å². The molecule has 1 aliphatic heterocycles. The third kappa shape index (κ3) is 5.72. The van der Waals surface area contributed by atoms with Crippen LogP contribution in [0.25, 0.3) is 0 Å². The van der Waals surface area contributed by atoms with Crippen molar-refractivity contribution in [1.82, 2.24) is 4.72 Å². The fraction of sp³-hybridized carbons (Fsp3) is 0.375. The summed E-state index contributed by atoms with van der Waals surface area (Å²) in [6.07, 6.45) is 7.01. The fourth-order valence-corrected chi connectivity index (χ4v) is 6.21. The number of benzene rings is 2. The maximum atomic E-state index is 13.6. The molecule has 2 aromatic carbocycles.